The number of carbonyl (C=O) groups is 5. The molecule has 65 heavy (non-hydrogen) atoms. The van der Waals surface area contributed by atoms with E-state index in [4.69, 9.17) is 19.4 Å². The molecule has 352 valence electrons. The summed E-state index contributed by atoms with van der Waals surface area (Å²) in [6.45, 7) is 19.9. The number of methoxy groups -OCH3 is 1. The number of likely N-dealkylation sites (tertiary alicyclic amines) is 1. The monoisotopic (exact) mass is 896 g/mol. The van der Waals surface area contributed by atoms with Crippen LogP contribution in [0, 0.1) is 11.3 Å². The van der Waals surface area contributed by atoms with Gasteiger partial charge < -0.3 is 33.7 Å². The molecule has 2 N–H and O–H groups in total. The van der Waals surface area contributed by atoms with Crippen molar-refractivity contribution in [3.8, 4) is 22.5 Å². The van der Waals surface area contributed by atoms with E-state index < -0.39 is 23.4 Å². The molecule has 2 aliphatic heterocycles. The summed E-state index contributed by atoms with van der Waals surface area (Å²) in [5.74, 6) is -0.127. The molecule has 4 amide bonds. The topological polar surface area (TPSA) is 173 Å². The van der Waals surface area contributed by atoms with Gasteiger partial charge in [0.1, 0.15) is 17.9 Å². The Hall–Kier alpha value is -5.87. The van der Waals surface area contributed by atoms with E-state index in [0.29, 0.717) is 44.8 Å². The summed E-state index contributed by atoms with van der Waals surface area (Å²) in [6, 6.07) is 8.75. The van der Waals surface area contributed by atoms with Gasteiger partial charge in [-0.15, -0.1) is 0 Å². The van der Waals surface area contributed by atoms with Gasteiger partial charge >= 0.3 is 0 Å². The molecule has 16 nitrogen and oxygen atoms in total. The average molecular weight is 896 g/mol. The Labute approximate surface area is 383 Å². The molecule has 0 aliphatic carbocycles. The van der Waals surface area contributed by atoms with E-state index in [1.54, 1.807) is 31.6 Å². The number of hydrazine groups is 1. The van der Waals surface area contributed by atoms with Gasteiger partial charge in [-0.3, -0.25) is 34.0 Å². The van der Waals surface area contributed by atoms with Crippen LogP contribution in [0.3, 0.4) is 0 Å². The third kappa shape index (κ3) is 11.9. The van der Waals surface area contributed by atoms with Gasteiger partial charge in [0.05, 0.1) is 36.0 Å². The van der Waals surface area contributed by atoms with Gasteiger partial charge in [0.25, 0.3) is 12.4 Å². The number of carbonyl (C=O) groups excluding carboxylic acids is 5. The smallest absolute Gasteiger partial charge is 0.293 e. The minimum absolute atomic E-state index is 0.0764. The van der Waals surface area contributed by atoms with Crippen LogP contribution in [0.2, 0.25) is 0 Å². The molecule has 3 unspecified atom stereocenters. The molecule has 2 fully saturated rings. The number of aromatic nitrogens is 4. The first-order valence-electron chi connectivity index (χ1n) is 22.7. The highest BCUT2D eigenvalue weighted by Crippen LogP contribution is 2.41. The average Bonchev–Trinajstić information content (AvgIpc) is 4.05. The van der Waals surface area contributed by atoms with Gasteiger partial charge in [0.15, 0.2) is 0 Å². The molecule has 0 saturated carbocycles. The highest BCUT2D eigenvalue weighted by molar-refractivity contribution is 5.95. The lowest BCUT2D eigenvalue weighted by atomic mass is 9.84. The Kier molecular flexibility index (Phi) is 17.6. The summed E-state index contributed by atoms with van der Waals surface area (Å²) in [7, 11) is 5.17. The van der Waals surface area contributed by atoms with Gasteiger partial charge in [0, 0.05) is 94.0 Å². The van der Waals surface area contributed by atoms with Gasteiger partial charge in [-0.25, -0.2) is 10.4 Å². The molecule has 2 aliphatic rings. The number of fused-ring (bicyclic) bond motifs is 1. The van der Waals surface area contributed by atoms with Crippen LogP contribution in [-0.4, -0.2) is 124 Å². The molecule has 0 spiro atoms. The third-order valence-electron chi connectivity index (χ3n) is 12.4. The largest absolute Gasteiger partial charge is 0.467 e. The summed E-state index contributed by atoms with van der Waals surface area (Å²) in [4.78, 5) is 74.1. The molecular formula is C49H69N9O7. The van der Waals surface area contributed by atoms with Crippen LogP contribution in [0.15, 0.2) is 55.4 Å². The molecule has 6 rings (SSSR count). The number of hydrogen-bond donors (Lipinski definition) is 2. The van der Waals surface area contributed by atoms with E-state index >= 15 is 0 Å². The highest BCUT2D eigenvalue weighted by atomic mass is 16.5. The molecule has 16 heteroatoms. The number of imidazole rings is 1. The number of benzene rings is 1. The van der Waals surface area contributed by atoms with Gasteiger partial charge in [-0.2, -0.15) is 0 Å². The van der Waals surface area contributed by atoms with Crippen molar-refractivity contribution in [3.05, 3.63) is 72.5 Å². The second-order valence-corrected chi connectivity index (χ2v) is 18.1. The van der Waals surface area contributed by atoms with Gasteiger partial charge in [-0.05, 0) is 87.8 Å². The van der Waals surface area contributed by atoms with E-state index in [1.807, 2.05) is 43.4 Å². The fraction of sp³-hybridized carbons (Fsp3) is 0.531. The molecule has 0 bridgehead atoms. The van der Waals surface area contributed by atoms with Crippen LogP contribution in [0.25, 0.3) is 33.4 Å². The van der Waals surface area contributed by atoms with Crippen molar-refractivity contribution in [2.75, 3.05) is 46.9 Å². The van der Waals surface area contributed by atoms with E-state index in [9.17, 15) is 24.0 Å². The minimum Gasteiger partial charge on any atom is -0.467 e. The van der Waals surface area contributed by atoms with E-state index in [1.165, 1.54) is 11.0 Å². The number of ether oxygens (including phenoxy) is 2. The predicted octanol–water partition coefficient (Wildman–Crippen LogP) is 5.63. The Bertz CT molecular complexity index is 2290. The number of pyridine rings is 1. The molecular weight excluding hydrogens is 827 g/mol. The molecule has 1 aromatic carbocycles. The zero-order valence-electron chi connectivity index (χ0n) is 39.8. The van der Waals surface area contributed by atoms with Crippen molar-refractivity contribution in [3.63, 3.8) is 0 Å². The SMILES string of the molecule is C=CC(=O)N1CCCC1.CCn1c(-c2cccnc2C(C)OC)c(CC(C)(C)COC=O)c2cc(-c3cnc(CC(NC(=O)C(C(C)C)N(C)C=O)C(=O)N4CCCCN4)n3C)ccc21. The normalized spacial score (nSPS) is 15.5. The zero-order valence-corrected chi connectivity index (χ0v) is 39.8. The summed E-state index contributed by atoms with van der Waals surface area (Å²) in [6.07, 6.45) is 10.2. The van der Waals surface area contributed by atoms with E-state index in [0.717, 1.165) is 83.4 Å². The molecule has 3 aromatic heterocycles. The maximum absolute atomic E-state index is 14.0. The Balaban J connectivity index is 0.000000785. The second-order valence-electron chi connectivity index (χ2n) is 18.1. The maximum Gasteiger partial charge on any atom is 0.293 e. The number of hydrogen-bond acceptors (Lipinski definition) is 10. The first kappa shape index (κ1) is 50.1. The fourth-order valence-corrected chi connectivity index (χ4v) is 8.94. The number of aryl methyl sites for hydroxylation is 1. The van der Waals surface area contributed by atoms with Crippen molar-refractivity contribution in [1.82, 2.24) is 44.7 Å². The molecule has 3 atom stereocenters. The first-order valence-corrected chi connectivity index (χ1v) is 22.7. The van der Waals surface area contributed by atoms with Gasteiger partial charge in [-0.1, -0.05) is 40.3 Å². The number of likely N-dealkylation sites (N-methyl/N-ethyl adjacent to an activating group) is 1. The zero-order chi connectivity index (χ0) is 47.4. The Morgan fingerprint density at radius 3 is 2.38 bits per heavy atom. The summed E-state index contributed by atoms with van der Waals surface area (Å²) in [5, 5.41) is 5.61. The van der Waals surface area contributed by atoms with Crippen LogP contribution < -0.4 is 10.7 Å². The highest BCUT2D eigenvalue weighted by Gasteiger charge is 2.34. The van der Waals surface area contributed by atoms with Crippen LogP contribution in [0.4, 0.5) is 0 Å². The second kappa shape index (κ2) is 22.8. The fourth-order valence-electron chi connectivity index (χ4n) is 8.94. The predicted molar refractivity (Wildman–Crippen MR) is 251 cm³/mol. The molecule has 4 aromatic rings. The van der Waals surface area contributed by atoms with Crippen LogP contribution in [0.1, 0.15) is 90.4 Å². The number of nitrogens with one attached hydrogen (secondary N) is 2. The number of nitrogens with zero attached hydrogens (tertiary/aromatic N) is 7. The minimum atomic E-state index is -0.919. The third-order valence-corrected chi connectivity index (χ3v) is 12.4. The van der Waals surface area contributed by atoms with Crippen molar-refractivity contribution in [1.29, 1.82) is 0 Å². The van der Waals surface area contributed by atoms with Crippen LogP contribution >= 0.6 is 0 Å². The van der Waals surface area contributed by atoms with Crippen molar-refractivity contribution < 1.29 is 33.4 Å². The first-order chi connectivity index (χ1) is 31.1. The van der Waals surface area contributed by atoms with Crippen LogP contribution in [0.5, 0.6) is 0 Å². The summed E-state index contributed by atoms with van der Waals surface area (Å²) >= 11 is 0. The van der Waals surface area contributed by atoms with E-state index in [2.05, 4.69) is 66.9 Å². The summed E-state index contributed by atoms with van der Waals surface area (Å²) in [5.41, 5.74) is 9.56. The van der Waals surface area contributed by atoms with Crippen molar-refractivity contribution >= 4 is 41.5 Å². The van der Waals surface area contributed by atoms with Gasteiger partial charge in [0.2, 0.25) is 18.2 Å². The lowest BCUT2D eigenvalue weighted by Crippen LogP contribution is -2.59. The van der Waals surface area contributed by atoms with Crippen LogP contribution in [-0.2, 0) is 59.9 Å². The Morgan fingerprint density at radius 1 is 1.05 bits per heavy atom. The number of rotatable bonds is 19. The number of amides is 4. The Morgan fingerprint density at radius 2 is 1.77 bits per heavy atom. The standard InChI is InChI=1S/C42H58N8O6.C7H11NO/c1-10-49-34-16-15-29(20-31(34)32(22-42(5,6)24-56-26-52)39(49)30-14-13-17-43-37(30)28(4)55-9)35-23-44-36(48(35)8)21-33(41(54)50-19-12-11-18-45-50)46-40(53)38(27(2)3)47(7)25-51;1-2-7(9)8-5-3-4-6-8/h13-17,20,23,25-28,33,38,45H,10-12,18-19,21-22,24H2,1-9H3,(H,46,53);2H,1,3-6H2. The summed E-state index contributed by atoms with van der Waals surface area (Å²) < 4.78 is 15.3. The quantitative estimate of drug-likeness (QED) is 0.0887. The lowest BCUT2D eigenvalue weighted by Gasteiger charge is -2.33. The van der Waals surface area contributed by atoms with Crippen molar-refractivity contribution in [2.45, 2.75) is 105 Å². The lowest BCUT2D eigenvalue weighted by molar-refractivity contribution is -0.142. The van der Waals surface area contributed by atoms with Crippen molar-refractivity contribution in [2.24, 2.45) is 18.4 Å². The molecule has 5 heterocycles. The van der Waals surface area contributed by atoms with E-state index in [-0.39, 0.29) is 36.9 Å². The molecule has 0 radical (unpaired) electrons. The maximum atomic E-state index is 14.0. The molecule has 2 saturated heterocycles.